The van der Waals surface area contributed by atoms with E-state index in [9.17, 15) is 4.57 Å². The van der Waals surface area contributed by atoms with Crippen molar-refractivity contribution in [1.82, 2.24) is 15.0 Å². The van der Waals surface area contributed by atoms with Crippen LogP contribution in [-0.2, 0) is 11.0 Å². The Morgan fingerprint density at radius 2 is 1.96 bits per heavy atom. The maximum atomic E-state index is 13.1. The van der Waals surface area contributed by atoms with Crippen LogP contribution >= 0.6 is 34.7 Å². The van der Waals surface area contributed by atoms with Crippen molar-refractivity contribution in [2.45, 2.75) is 19.8 Å². The lowest BCUT2D eigenvalue weighted by molar-refractivity contribution is 0.588. The molecule has 3 rings (SSSR count). The molecule has 0 radical (unpaired) electrons. The first kappa shape index (κ1) is 19.3. The van der Waals surface area contributed by atoms with E-state index in [4.69, 9.17) is 16.6 Å². The van der Waals surface area contributed by atoms with Crippen molar-refractivity contribution in [3.63, 3.8) is 0 Å². The van der Waals surface area contributed by atoms with Gasteiger partial charge in [-0.2, -0.15) is 4.98 Å². The Labute approximate surface area is 166 Å². The zero-order valence-corrected chi connectivity index (χ0v) is 18.0. The summed E-state index contributed by atoms with van der Waals surface area (Å²) in [4.78, 5) is 12.8. The number of fused-ring (bicyclic) bond motifs is 1. The van der Waals surface area contributed by atoms with Crippen molar-refractivity contribution in [1.29, 1.82) is 0 Å². The molecule has 1 N–H and O–H groups in total. The van der Waals surface area contributed by atoms with Crippen LogP contribution in [0, 0.1) is 0 Å². The Kier molecular flexibility index (Phi) is 5.66. The van der Waals surface area contributed by atoms with Crippen molar-refractivity contribution >= 4 is 62.4 Å². The first-order valence-corrected chi connectivity index (χ1v) is 12.0. The highest BCUT2D eigenvalue weighted by molar-refractivity contribution is 9.10. The zero-order chi connectivity index (χ0) is 18.9. The Bertz CT molecular complexity index is 1020. The van der Waals surface area contributed by atoms with Crippen molar-refractivity contribution in [3.05, 3.63) is 45.9 Å². The topological polar surface area (TPSA) is 67.8 Å². The van der Waals surface area contributed by atoms with Gasteiger partial charge in [0, 0.05) is 22.6 Å². The van der Waals surface area contributed by atoms with Crippen molar-refractivity contribution in [3.8, 4) is 0 Å². The summed E-state index contributed by atoms with van der Waals surface area (Å²) >= 11 is 9.32. The predicted molar refractivity (Wildman–Crippen MR) is 113 cm³/mol. The van der Waals surface area contributed by atoms with Crippen LogP contribution in [0.3, 0.4) is 0 Å². The summed E-state index contributed by atoms with van der Waals surface area (Å²) in [7, 11) is -2.59. The van der Waals surface area contributed by atoms with Gasteiger partial charge in [-0.1, -0.05) is 19.4 Å². The first-order valence-electron chi connectivity index (χ1n) is 8.23. The molecule has 0 spiro atoms. The highest BCUT2D eigenvalue weighted by Gasteiger charge is 2.21. The maximum absolute atomic E-state index is 13.1. The van der Waals surface area contributed by atoms with Crippen LogP contribution in [0.15, 0.2) is 34.9 Å². The van der Waals surface area contributed by atoms with E-state index in [2.05, 4.69) is 38.1 Å². The molecule has 0 saturated carbocycles. The second-order valence-corrected chi connectivity index (χ2v) is 10.7. The lowest BCUT2D eigenvalue weighted by Crippen LogP contribution is -2.13. The molecule has 0 bridgehead atoms. The van der Waals surface area contributed by atoms with Gasteiger partial charge in [-0.25, -0.2) is 4.98 Å². The minimum absolute atomic E-state index is 0.139. The molecule has 136 valence electrons. The number of nitrogens with zero attached hydrogens (tertiary/aromatic N) is 3. The molecule has 0 saturated heterocycles. The van der Waals surface area contributed by atoms with E-state index in [0.717, 1.165) is 40.4 Å². The number of hydrogen-bond acceptors (Lipinski definition) is 5. The number of pyridine rings is 1. The third kappa shape index (κ3) is 4.08. The number of halogens is 2. The minimum atomic E-state index is -2.59. The molecule has 26 heavy (non-hydrogen) atoms. The average Bonchev–Trinajstić information content (AvgIpc) is 2.57. The molecule has 2 heterocycles. The smallest absolute Gasteiger partial charge is 0.224 e. The van der Waals surface area contributed by atoms with E-state index in [-0.39, 0.29) is 5.28 Å². The summed E-state index contributed by atoms with van der Waals surface area (Å²) < 4.78 is 13.7. The van der Waals surface area contributed by atoms with Gasteiger partial charge in [0.05, 0.1) is 15.7 Å². The first-order chi connectivity index (χ1) is 12.3. The van der Waals surface area contributed by atoms with Gasteiger partial charge in [0.25, 0.3) is 0 Å². The molecular weight excluding hydrogens is 435 g/mol. The van der Waals surface area contributed by atoms with Gasteiger partial charge >= 0.3 is 0 Å². The molecule has 8 heteroatoms. The molecule has 5 nitrogen and oxygen atoms in total. The highest BCUT2D eigenvalue weighted by atomic mass is 79.9. The van der Waals surface area contributed by atoms with Crippen LogP contribution in [0.2, 0.25) is 5.28 Å². The van der Waals surface area contributed by atoms with Crippen LogP contribution in [0.5, 0.6) is 0 Å². The quantitative estimate of drug-likeness (QED) is 0.415. The largest absolute Gasteiger partial charge is 0.339 e. The number of hydrogen-bond donors (Lipinski definition) is 1. The monoisotopic (exact) mass is 452 g/mol. The Morgan fingerprint density at radius 1 is 1.19 bits per heavy atom. The van der Waals surface area contributed by atoms with E-state index < -0.39 is 7.14 Å². The summed E-state index contributed by atoms with van der Waals surface area (Å²) in [6, 6.07) is 7.84. The third-order valence-electron chi connectivity index (χ3n) is 3.91. The number of nitrogens with one attached hydrogen (secondary N) is 1. The average molecular weight is 454 g/mol. The SMILES string of the molecule is CCCc1ccc2c(P(C)(C)=O)c(Nc3nc(Cl)ncc3Br)ccc2n1. The minimum Gasteiger partial charge on any atom is -0.339 e. The Balaban J connectivity index is 2.17. The van der Waals surface area contributed by atoms with Crippen molar-refractivity contribution in [2.75, 3.05) is 18.6 Å². The molecule has 0 aliphatic rings. The zero-order valence-electron chi connectivity index (χ0n) is 14.8. The lowest BCUT2D eigenvalue weighted by Gasteiger charge is -2.18. The summed E-state index contributed by atoms with van der Waals surface area (Å²) in [6.07, 6.45) is 3.54. The van der Waals surface area contributed by atoms with Crippen LogP contribution in [0.1, 0.15) is 19.0 Å². The summed E-state index contributed by atoms with van der Waals surface area (Å²) in [5, 5.41) is 5.02. The predicted octanol–water partition coefficient (Wildman–Crippen LogP) is 5.38. The second-order valence-electron chi connectivity index (χ2n) is 6.39. The standard InChI is InChI=1S/C18H19BrClN4OP/c1-4-5-11-6-7-12-14(22-11)8-9-15(16(12)26(2,3)25)23-17-13(19)10-21-18(20)24-17/h6-10H,4-5H2,1-3H3,(H,21,23,24). The van der Waals surface area contributed by atoms with Gasteiger partial charge in [0.15, 0.2) is 0 Å². The number of benzene rings is 1. The molecule has 3 aromatic rings. The van der Waals surface area contributed by atoms with Crippen molar-refractivity contribution < 1.29 is 4.57 Å². The Morgan fingerprint density at radius 3 is 2.65 bits per heavy atom. The number of anilines is 2. The normalized spacial score (nSPS) is 11.7. The van der Waals surface area contributed by atoms with Gasteiger partial charge in [0.1, 0.15) is 13.0 Å². The lowest BCUT2D eigenvalue weighted by atomic mass is 10.1. The fraction of sp³-hybridized carbons (Fsp3) is 0.278. The van der Waals surface area contributed by atoms with E-state index in [1.54, 1.807) is 19.5 Å². The Hall–Kier alpha value is -1.49. The number of aryl methyl sites for hydroxylation is 1. The molecule has 0 unspecified atom stereocenters. The number of rotatable bonds is 5. The summed E-state index contributed by atoms with van der Waals surface area (Å²) in [5.41, 5.74) is 2.62. The fourth-order valence-electron chi connectivity index (χ4n) is 2.87. The van der Waals surface area contributed by atoms with E-state index in [1.165, 1.54) is 0 Å². The molecule has 1 aromatic carbocycles. The highest BCUT2D eigenvalue weighted by Crippen LogP contribution is 2.41. The molecule has 0 fully saturated rings. The maximum Gasteiger partial charge on any atom is 0.224 e. The van der Waals surface area contributed by atoms with E-state index >= 15 is 0 Å². The molecule has 0 aliphatic carbocycles. The van der Waals surface area contributed by atoms with Crippen LogP contribution in [0.4, 0.5) is 11.5 Å². The number of aromatic nitrogens is 3. The molecule has 0 amide bonds. The molecule has 0 atom stereocenters. The molecule has 2 aromatic heterocycles. The van der Waals surface area contributed by atoms with Gasteiger partial charge in [-0.15, -0.1) is 0 Å². The fourth-order valence-corrected chi connectivity index (χ4v) is 4.77. The summed E-state index contributed by atoms with van der Waals surface area (Å²) in [6.45, 7) is 5.64. The third-order valence-corrected chi connectivity index (χ3v) is 6.23. The molecular formula is C18H19BrClN4OP. The van der Waals surface area contributed by atoms with E-state index in [0.29, 0.717) is 10.3 Å². The van der Waals surface area contributed by atoms with Crippen LogP contribution < -0.4 is 10.6 Å². The van der Waals surface area contributed by atoms with Gasteiger partial charge < -0.3 is 9.88 Å². The van der Waals surface area contributed by atoms with E-state index in [1.807, 2.05) is 24.3 Å². The van der Waals surface area contributed by atoms with Gasteiger partial charge in [-0.3, -0.25) is 4.98 Å². The van der Waals surface area contributed by atoms with Crippen LogP contribution in [-0.4, -0.2) is 28.3 Å². The van der Waals surface area contributed by atoms with Gasteiger partial charge in [0.2, 0.25) is 5.28 Å². The van der Waals surface area contributed by atoms with Gasteiger partial charge in [-0.05, 0) is 65.5 Å². The molecule has 0 aliphatic heterocycles. The van der Waals surface area contributed by atoms with Crippen LogP contribution in [0.25, 0.3) is 10.9 Å². The second kappa shape index (κ2) is 7.63. The summed E-state index contributed by atoms with van der Waals surface area (Å²) in [5.74, 6) is 0.523. The van der Waals surface area contributed by atoms with Crippen molar-refractivity contribution in [2.24, 2.45) is 0 Å².